The average molecular weight is 323 g/mol. The zero-order valence-corrected chi connectivity index (χ0v) is 12.3. The molecule has 1 aliphatic carbocycles. The molecule has 4 nitrogen and oxygen atoms in total. The molecular formula is C14H15BrN2O2. The molecule has 0 aromatic heterocycles. The minimum Gasteiger partial charge on any atom is -0.465 e. The number of carbonyl (C=O) groups excluding carboxylic acids is 1. The largest absolute Gasteiger partial charge is 0.465 e. The van der Waals surface area contributed by atoms with Crippen molar-refractivity contribution in [3.05, 3.63) is 28.2 Å². The molecule has 1 saturated carbocycles. The second-order valence-corrected chi connectivity index (χ2v) is 5.35. The van der Waals surface area contributed by atoms with E-state index in [1.807, 2.05) is 17.0 Å². The van der Waals surface area contributed by atoms with Crippen molar-refractivity contribution < 1.29 is 9.53 Å². The lowest BCUT2D eigenvalue weighted by molar-refractivity contribution is -0.141. The number of ether oxygens (including phenoxy) is 1. The Balaban J connectivity index is 2.26. The second kappa shape index (κ2) is 6.07. The second-order valence-electron chi connectivity index (χ2n) is 4.44. The number of hydrogen-bond donors (Lipinski definition) is 0. The Bertz CT molecular complexity index is 521. The number of anilines is 1. The molecule has 0 saturated heterocycles. The zero-order chi connectivity index (χ0) is 13.8. The third kappa shape index (κ3) is 3.48. The lowest BCUT2D eigenvalue weighted by atomic mass is 10.1. The number of nitriles is 1. The molecule has 2 rings (SSSR count). The van der Waals surface area contributed by atoms with Crippen LogP contribution in [0.15, 0.2) is 22.7 Å². The summed E-state index contributed by atoms with van der Waals surface area (Å²) in [4.78, 5) is 13.7. The van der Waals surface area contributed by atoms with Crippen molar-refractivity contribution in [1.82, 2.24) is 0 Å². The molecule has 1 aromatic carbocycles. The summed E-state index contributed by atoms with van der Waals surface area (Å²) in [5, 5.41) is 9.19. The molecule has 0 bridgehead atoms. The first-order valence-electron chi connectivity index (χ1n) is 6.27. The van der Waals surface area contributed by atoms with Crippen molar-refractivity contribution in [3.63, 3.8) is 0 Å². The fourth-order valence-corrected chi connectivity index (χ4v) is 2.33. The topological polar surface area (TPSA) is 53.3 Å². The highest BCUT2D eigenvalue weighted by Gasteiger charge is 2.32. The summed E-state index contributed by atoms with van der Waals surface area (Å²) in [5.74, 6) is -0.252. The van der Waals surface area contributed by atoms with Gasteiger partial charge in [0.1, 0.15) is 12.6 Å². The van der Waals surface area contributed by atoms with E-state index in [4.69, 9.17) is 4.74 Å². The van der Waals surface area contributed by atoms with Gasteiger partial charge in [0, 0.05) is 10.5 Å². The first-order chi connectivity index (χ1) is 9.15. The molecule has 0 aliphatic heterocycles. The molecule has 5 heteroatoms. The van der Waals surface area contributed by atoms with Gasteiger partial charge in [0.05, 0.1) is 17.9 Å². The van der Waals surface area contributed by atoms with Gasteiger partial charge in [-0.3, -0.25) is 4.79 Å². The van der Waals surface area contributed by atoms with E-state index in [0.717, 1.165) is 23.0 Å². The number of carbonyl (C=O) groups is 1. The lowest BCUT2D eigenvalue weighted by Gasteiger charge is -2.24. The Labute approximate surface area is 121 Å². The van der Waals surface area contributed by atoms with Crippen LogP contribution in [0.4, 0.5) is 5.69 Å². The number of rotatable bonds is 5. The van der Waals surface area contributed by atoms with E-state index < -0.39 is 0 Å². The number of benzene rings is 1. The van der Waals surface area contributed by atoms with Gasteiger partial charge in [-0.25, -0.2) is 0 Å². The number of hydrogen-bond acceptors (Lipinski definition) is 4. The summed E-state index contributed by atoms with van der Waals surface area (Å²) >= 11 is 3.41. The quantitative estimate of drug-likeness (QED) is 0.782. The van der Waals surface area contributed by atoms with E-state index in [1.54, 1.807) is 13.0 Å². The smallest absolute Gasteiger partial charge is 0.325 e. The molecule has 100 valence electrons. The number of esters is 1. The fraction of sp³-hybridized carbons (Fsp3) is 0.429. The predicted octanol–water partition coefficient (Wildman–Crippen LogP) is 2.85. The van der Waals surface area contributed by atoms with Crippen molar-refractivity contribution in [1.29, 1.82) is 5.26 Å². The molecule has 1 aromatic rings. The maximum Gasteiger partial charge on any atom is 0.325 e. The molecule has 0 unspecified atom stereocenters. The van der Waals surface area contributed by atoms with Crippen molar-refractivity contribution in [2.75, 3.05) is 18.1 Å². The van der Waals surface area contributed by atoms with Gasteiger partial charge in [0.25, 0.3) is 0 Å². The van der Waals surface area contributed by atoms with Crippen LogP contribution in [0.5, 0.6) is 0 Å². The molecule has 19 heavy (non-hydrogen) atoms. The summed E-state index contributed by atoms with van der Waals surface area (Å²) in [7, 11) is 0. The van der Waals surface area contributed by atoms with E-state index in [-0.39, 0.29) is 12.5 Å². The molecule has 0 atom stereocenters. The SMILES string of the molecule is CCOC(=O)CN(c1cc(Br)ccc1C#N)C1CC1. The van der Waals surface area contributed by atoms with Gasteiger partial charge in [0.2, 0.25) is 0 Å². The highest BCUT2D eigenvalue weighted by Crippen LogP contribution is 2.34. The van der Waals surface area contributed by atoms with Crippen LogP contribution in [0.2, 0.25) is 0 Å². The van der Waals surface area contributed by atoms with Crippen molar-refractivity contribution >= 4 is 27.6 Å². The van der Waals surface area contributed by atoms with Gasteiger partial charge in [-0.2, -0.15) is 5.26 Å². The highest BCUT2D eigenvalue weighted by molar-refractivity contribution is 9.10. The van der Waals surface area contributed by atoms with Crippen LogP contribution < -0.4 is 4.90 Å². The van der Waals surface area contributed by atoms with Crippen molar-refractivity contribution in [2.45, 2.75) is 25.8 Å². The van der Waals surface area contributed by atoms with Crippen molar-refractivity contribution in [2.24, 2.45) is 0 Å². The van der Waals surface area contributed by atoms with E-state index in [9.17, 15) is 10.1 Å². The van der Waals surface area contributed by atoms with Crippen LogP contribution in [0.1, 0.15) is 25.3 Å². The van der Waals surface area contributed by atoms with E-state index in [1.165, 1.54) is 0 Å². The molecule has 0 spiro atoms. The summed E-state index contributed by atoms with van der Waals surface area (Å²) in [6.45, 7) is 2.36. The van der Waals surface area contributed by atoms with Crippen molar-refractivity contribution in [3.8, 4) is 6.07 Å². The highest BCUT2D eigenvalue weighted by atomic mass is 79.9. The van der Waals surface area contributed by atoms with E-state index in [2.05, 4.69) is 22.0 Å². The predicted molar refractivity (Wildman–Crippen MR) is 75.9 cm³/mol. The zero-order valence-electron chi connectivity index (χ0n) is 10.7. The minimum atomic E-state index is -0.252. The normalized spacial score (nSPS) is 13.7. The van der Waals surface area contributed by atoms with E-state index in [0.29, 0.717) is 18.2 Å². The Morgan fingerprint density at radius 1 is 1.58 bits per heavy atom. The molecule has 0 amide bonds. The standard InChI is InChI=1S/C14H15BrN2O2/c1-2-19-14(18)9-17(12-5-6-12)13-7-11(15)4-3-10(13)8-16/h3-4,7,12H,2,5-6,9H2,1H3. The monoisotopic (exact) mass is 322 g/mol. The van der Waals surface area contributed by atoms with Crippen LogP contribution in [0.25, 0.3) is 0 Å². The Morgan fingerprint density at radius 2 is 2.32 bits per heavy atom. The lowest BCUT2D eigenvalue weighted by Crippen LogP contribution is -2.33. The first kappa shape index (κ1) is 13.9. The van der Waals surface area contributed by atoms with Gasteiger partial charge < -0.3 is 9.64 Å². The Hall–Kier alpha value is -1.54. The molecule has 0 heterocycles. The van der Waals surface area contributed by atoms with Gasteiger partial charge in [-0.05, 0) is 38.0 Å². The van der Waals surface area contributed by atoms with Crippen LogP contribution in [0, 0.1) is 11.3 Å². The van der Waals surface area contributed by atoms with Crippen LogP contribution in [-0.2, 0) is 9.53 Å². The third-order valence-electron chi connectivity index (χ3n) is 2.98. The first-order valence-corrected chi connectivity index (χ1v) is 7.07. The molecule has 0 radical (unpaired) electrons. The summed E-state index contributed by atoms with van der Waals surface area (Å²) in [6.07, 6.45) is 2.10. The van der Waals surface area contributed by atoms with Gasteiger partial charge in [-0.15, -0.1) is 0 Å². The summed E-state index contributed by atoms with van der Waals surface area (Å²) in [6, 6.07) is 7.99. The molecule has 1 fully saturated rings. The number of nitrogens with zero attached hydrogens (tertiary/aromatic N) is 2. The van der Waals surface area contributed by atoms with Gasteiger partial charge in [-0.1, -0.05) is 15.9 Å². The van der Waals surface area contributed by atoms with E-state index >= 15 is 0 Å². The molecule has 0 N–H and O–H groups in total. The molecular weight excluding hydrogens is 308 g/mol. The van der Waals surface area contributed by atoms with Crippen LogP contribution >= 0.6 is 15.9 Å². The maximum atomic E-state index is 11.7. The minimum absolute atomic E-state index is 0.198. The number of halogens is 1. The third-order valence-corrected chi connectivity index (χ3v) is 3.48. The van der Waals surface area contributed by atoms with Crippen LogP contribution in [0.3, 0.4) is 0 Å². The summed E-state index contributed by atoms with van der Waals surface area (Å²) in [5.41, 5.74) is 1.38. The van der Waals surface area contributed by atoms with Gasteiger partial charge >= 0.3 is 5.97 Å². The van der Waals surface area contributed by atoms with Crippen LogP contribution in [-0.4, -0.2) is 25.2 Å². The Morgan fingerprint density at radius 3 is 2.89 bits per heavy atom. The fourth-order valence-electron chi connectivity index (χ4n) is 1.98. The Kier molecular flexibility index (Phi) is 4.43. The van der Waals surface area contributed by atoms with Gasteiger partial charge in [0.15, 0.2) is 0 Å². The molecule has 1 aliphatic rings. The average Bonchev–Trinajstić information content (AvgIpc) is 3.20. The summed E-state index contributed by atoms with van der Waals surface area (Å²) < 4.78 is 5.90. The maximum absolute atomic E-state index is 11.7.